The maximum atomic E-state index is 12.7. The Morgan fingerprint density at radius 2 is 1.06 bits per heavy atom. The predicted molar refractivity (Wildman–Crippen MR) is 221 cm³/mol. The summed E-state index contributed by atoms with van der Waals surface area (Å²) >= 11 is 0. The third-order valence-electron chi connectivity index (χ3n) is 9.46. The monoisotopic (exact) mass is 755 g/mol. The summed E-state index contributed by atoms with van der Waals surface area (Å²) in [4.78, 5) is 22.7. The van der Waals surface area contributed by atoms with Gasteiger partial charge in [-0.05, 0) is 51.4 Å². The van der Waals surface area contributed by atoms with Gasteiger partial charge in [-0.25, -0.2) is 4.57 Å². The van der Waals surface area contributed by atoms with Crippen LogP contribution < -0.4 is 11.1 Å². The molecular formula is C43H83N2O6P. The standard InChI is InChI=1S/C43H83N2O6P/c1-3-5-7-9-11-13-15-17-19-20-21-22-23-25-27-29-31-33-35-37-43(47)45-41(40-51-52(48,49)50-39-38-44)42(46)36-34-32-30-28-26-24-18-16-14-12-10-8-6-4-2/h11,13,17,19,34,36,41-42,46H,3-10,12,14-16,18,20-33,35,37-40,44H2,1-2H3,(H,45,47)(H,48,49)/b13-11-,19-17-,36-34+. The van der Waals surface area contributed by atoms with Crippen molar-refractivity contribution < 1.29 is 28.4 Å². The Morgan fingerprint density at radius 1 is 0.635 bits per heavy atom. The number of aliphatic hydroxyl groups is 1. The molecule has 9 heteroatoms. The molecule has 52 heavy (non-hydrogen) atoms. The van der Waals surface area contributed by atoms with E-state index in [1.807, 2.05) is 6.08 Å². The molecule has 1 amide bonds. The maximum Gasteiger partial charge on any atom is 0.472 e. The third kappa shape index (κ3) is 37.1. The van der Waals surface area contributed by atoms with Crippen molar-refractivity contribution in [3.8, 4) is 0 Å². The van der Waals surface area contributed by atoms with Crippen molar-refractivity contribution >= 4 is 13.7 Å². The van der Waals surface area contributed by atoms with Crippen LogP contribution in [0.3, 0.4) is 0 Å². The van der Waals surface area contributed by atoms with E-state index in [1.54, 1.807) is 6.08 Å². The van der Waals surface area contributed by atoms with E-state index >= 15 is 0 Å². The number of carbonyl (C=O) groups excluding carboxylic acids is 1. The highest BCUT2D eigenvalue weighted by atomic mass is 31.2. The van der Waals surface area contributed by atoms with Crippen molar-refractivity contribution in [2.24, 2.45) is 5.73 Å². The number of rotatable bonds is 40. The van der Waals surface area contributed by atoms with E-state index in [9.17, 15) is 19.4 Å². The minimum atomic E-state index is -4.34. The smallest absolute Gasteiger partial charge is 0.387 e. The van der Waals surface area contributed by atoms with Crippen molar-refractivity contribution in [2.45, 2.75) is 212 Å². The van der Waals surface area contributed by atoms with E-state index in [0.29, 0.717) is 6.42 Å². The first-order chi connectivity index (χ1) is 25.4. The van der Waals surface area contributed by atoms with Crippen LogP contribution in [0.25, 0.3) is 0 Å². The van der Waals surface area contributed by atoms with Gasteiger partial charge >= 0.3 is 7.82 Å². The first-order valence-electron chi connectivity index (χ1n) is 21.6. The van der Waals surface area contributed by atoms with E-state index in [0.717, 1.165) is 44.9 Å². The topological polar surface area (TPSA) is 131 Å². The number of aliphatic hydroxyl groups excluding tert-OH is 1. The lowest BCUT2D eigenvalue weighted by molar-refractivity contribution is -0.123. The van der Waals surface area contributed by atoms with E-state index in [2.05, 4.69) is 43.5 Å². The van der Waals surface area contributed by atoms with Crippen molar-refractivity contribution in [2.75, 3.05) is 19.8 Å². The molecule has 0 saturated heterocycles. The molecule has 8 nitrogen and oxygen atoms in total. The zero-order chi connectivity index (χ0) is 38.2. The number of phosphoric ester groups is 1. The van der Waals surface area contributed by atoms with E-state index < -0.39 is 20.0 Å². The highest BCUT2D eigenvalue weighted by Crippen LogP contribution is 2.43. The average Bonchev–Trinajstić information content (AvgIpc) is 3.13. The van der Waals surface area contributed by atoms with Crippen LogP contribution in [0.15, 0.2) is 36.5 Å². The molecule has 0 fully saturated rings. The normalized spacial score (nSPS) is 14.5. The van der Waals surface area contributed by atoms with Crippen molar-refractivity contribution in [3.63, 3.8) is 0 Å². The summed E-state index contributed by atoms with van der Waals surface area (Å²) < 4.78 is 22.1. The Hall–Kier alpha value is -1.28. The zero-order valence-electron chi connectivity index (χ0n) is 33.8. The van der Waals surface area contributed by atoms with E-state index in [1.165, 1.54) is 135 Å². The summed E-state index contributed by atoms with van der Waals surface area (Å²) in [5, 5.41) is 13.7. The molecule has 306 valence electrons. The van der Waals surface area contributed by atoms with Crippen LogP contribution in [0, 0.1) is 0 Å². The van der Waals surface area contributed by atoms with Gasteiger partial charge in [0, 0.05) is 13.0 Å². The lowest BCUT2D eigenvalue weighted by Crippen LogP contribution is -2.45. The largest absolute Gasteiger partial charge is 0.472 e. The summed E-state index contributed by atoms with van der Waals surface area (Å²) in [5.41, 5.74) is 5.37. The zero-order valence-corrected chi connectivity index (χ0v) is 34.7. The highest BCUT2D eigenvalue weighted by molar-refractivity contribution is 7.47. The van der Waals surface area contributed by atoms with Gasteiger partial charge in [-0.1, -0.05) is 179 Å². The first-order valence-corrected chi connectivity index (χ1v) is 23.1. The van der Waals surface area contributed by atoms with Gasteiger partial charge in [0.15, 0.2) is 0 Å². The molecule has 3 unspecified atom stereocenters. The second-order valence-corrected chi connectivity index (χ2v) is 16.0. The molecule has 0 aromatic carbocycles. The molecule has 0 aliphatic rings. The lowest BCUT2D eigenvalue weighted by atomic mass is 10.0. The molecule has 0 radical (unpaired) electrons. The van der Waals surface area contributed by atoms with E-state index in [4.69, 9.17) is 14.8 Å². The number of phosphoric acid groups is 1. The molecule has 3 atom stereocenters. The van der Waals surface area contributed by atoms with E-state index in [-0.39, 0.29) is 25.7 Å². The molecule has 0 aromatic heterocycles. The molecular weight excluding hydrogens is 671 g/mol. The third-order valence-corrected chi connectivity index (χ3v) is 10.4. The highest BCUT2D eigenvalue weighted by Gasteiger charge is 2.26. The molecule has 0 heterocycles. The summed E-state index contributed by atoms with van der Waals surface area (Å²) in [5.74, 6) is -0.199. The summed E-state index contributed by atoms with van der Waals surface area (Å²) in [7, 11) is -4.34. The Labute approximate surface area is 320 Å². The number of amides is 1. The van der Waals surface area contributed by atoms with Crippen LogP contribution in [0.4, 0.5) is 0 Å². The Balaban J connectivity index is 4.21. The molecule has 0 aromatic rings. The van der Waals surface area contributed by atoms with Crippen molar-refractivity contribution in [1.29, 1.82) is 0 Å². The molecule has 0 saturated carbocycles. The number of hydrogen-bond acceptors (Lipinski definition) is 6. The van der Waals surface area contributed by atoms with Crippen LogP contribution in [0.5, 0.6) is 0 Å². The number of allylic oxidation sites excluding steroid dienone is 5. The molecule has 0 aliphatic carbocycles. The minimum absolute atomic E-state index is 0.0775. The number of nitrogens with two attached hydrogens (primary N) is 1. The van der Waals surface area contributed by atoms with Crippen LogP contribution in [-0.2, 0) is 18.4 Å². The number of unbranched alkanes of at least 4 members (excludes halogenated alkanes) is 24. The van der Waals surface area contributed by atoms with Crippen LogP contribution in [0.1, 0.15) is 200 Å². The number of hydrogen-bond donors (Lipinski definition) is 4. The average molecular weight is 755 g/mol. The molecule has 0 rings (SSSR count). The van der Waals surface area contributed by atoms with Gasteiger partial charge in [0.2, 0.25) is 5.91 Å². The lowest BCUT2D eigenvalue weighted by Gasteiger charge is -2.23. The van der Waals surface area contributed by atoms with Gasteiger partial charge < -0.3 is 21.1 Å². The minimum Gasteiger partial charge on any atom is -0.387 e. The Bertz CT molecular complexity index is 912. The van der Waals surface area contributed by atoms with Gasteiger partial charge in [0.1, 0.15) is 0 Å². The number of carbonyl (C=O) groups is 1. The van der Waals surface area contributed by atoms with Gasteiger partial charge in [-0.2, -0.15) is 0 Å². The summed E-state index contributed by atoms with van der Waals surface area (Å²) in [6, 6.07) is -0.861. The van der Waals surface area contributed by atoms with Gasteiger partial charge in [0.25, 0.3) is 0 Å². The van der Waals surface area contributed by atoms with Crippen LogP contribution >= 0.6 is 7.82 Å². The molecule has 0 spiro atoms. The second kappa shape index (κ2) is 39.4. The fourth-order valence-corrected chi connectivity index (χ4v) is 6.92. The van der Waals surface area contributed by atoms with Crippen molar-refractivity contribution in [1.82, 2.24) is 5.32 Å². The summed E-state index contributed by atoms with van der Waals surface area (Å²) in [6.45, 7) is 4.11. The number of nitrogens with one attached hydrogen (secondary N) is 1. The Morgan fingerprint density at radius 3 is 1.56 bits per heavy atom. The fraction of sp³-hybridized carbons (Fsp3) is 0.837. The Kier molecular flexibility index (Phi) is 38.4. The van der Waals surface area contributed by atoms with Crippen LogP contribution in [-0.4, -0.2) is 47.8 Å². The molecule has 0 bridgehead atoms. The van der Waals surface area contributed by atoms with Crippen molar-refractivity contribution in [3.05, 3.63) is 36.5 Å². The van der Waals surface area contributed by atoms with Gasteiger partial charge in [0.05, 0.1) is 25.4 Å². The first kappa shape index (κ1) is 50.7. The molecule has 0 aliphatic heterocycles. The SMILES string of the molecule is CCCCC/C=C\C/C=C\CCCCCCCCCCCC(=O)NC(COP(=O)(O)OCCN)C(O)/C=C/CCCCCCCCCCCCCC. The van der Waals surface area contributed by atoms with Crippen LogP contribution in [0.2, 0.25) is 0 Å². The molecule has 5 N–H and O–H groups in total. The van der Waals surface area contributed by atoms with Gasteiger partial charge in [-0.15, -0.1) is 0 Å². The quantitative estimate of drug-likeness (QED) is 0.0278. The van der Waals surface area contributed by atoms with Gasteiger partial charge in [-0.3, -0.25) is 13.8 Å². The maximum absolute atomic E-state index is 12.7. The fourth-order valence-electron chi connectivity index (χ4n) is 6.16. The second-order valence-electron chi connectivity index (χ2n) is 14.6. The predicted octanol–water partition coefficient (Wildman–Crippen LogP) is 11.9. The summed E-state index contributed by atoms with van der Waals surface area (Å²) in [6.07, 6.45) is 46.1.